The molecule has 0 radical (unpaired) electrons. The Labute approximate surface area is 81.7 Å². The topological polar surface area (TPSA) is 37.3 Å². The Morgan fingerprint density at radius 2 is 2.07 bits per heavy atom. The van der Waals surface area contributed by atoms with E-state index in [1.165, 1.54) is 0 Å². The summed E-state index contributed by atoms with van der Waals surface area (Å²) in [5.41, 5.74) is -0.601. The van der Waals surface area contributed by atoms with Crippen LogP contribution in [0.4, 0.5) is 13.2 Å². The van der Waals surface area contributed by atoms with Crippen LogP contribution in [0.25, 0.3) is 0 Å². The molecule has 1 rings (SSSR count). The molecule has 0 spiro atoms. The summed E-state index contributed by atoms with van der Waals surface area (Å²) in [4.78, 5) is 10.4. The Balaban J connectivity index is 3.00. The van der Waals surface area contributed by atoms with Crippen LogP contribution in [0.5, 0.6) is 0 Å². The molecule has 0 fully saturated rings. The molecule has 0 atom stereocenters. The van der Waals surface area contributed by atoms with Gasteiger partial charge in [0.2, 0.25) is 0 Å². The minimum Gasteiger partial charge on any atom is -0.478 e. The predicted molar refractivity (Wildman–Crippen MR) is 45.2 cm³/mol. The zero-order valence-electron chi connectivity index (χ0n) is 6.71. The normalized spacial score (nSPS) is 10.6. The van der Waals surface area contributed by atoms with E-state index >= 15 is 0 Å². The molecular weight excluding hydrogens is 217 g/mol. The Morgan fingerprint density at radius 3 is 2.57 bits per heavy atom. The summed E-state index contributed by atoms with van der Waals surface area (Å²) in [6, 6.07) is 2.85. The Bertz CT molecular complexity index is 354. The fourth-order valence-electron chi connectivity index (χ4n) is 0.844. The second-order valence-electron chi connectivity index (χ2n) is 2.33. The lowest BCUT2D eigenvalue weighted by Crippen LogP contribution is -2.00. The van der Waals surface area contributed by atoms with E-state index in [1.54, 1.807) is 0 Å². The molecule has 0 aromatic heterocycles. The quantitative estimate of drug-likeness (QED) is 0.799. The van der Waals surface area contributed by atoms with Gasteiger partial charge in [0.05, 0.1) is 5.56 Å². The van der Waals surface area contributed by atoms with Crippen molar-refractivity contribution in [3.05, 3.63) is 29.6 Å². The third kappa shape index (κ3) is 2.66. The number of aromatic carboxylic acids is 1. The van der Waals surface area contributed by atoms with Crippen molar-refractivity contribution in [1.29, 1.82) is 0 Å². The number of carboxylic acid groups (broad SMARTS) is 1. The molecule has 0 saturated heterocycles. The highest BCUT2D eigenvalue weighted by molar-refractivity contribution is 7.99. The number of hydrogen-bond acceptors (Lipinski definition) is 2. The van der Waals surface area contributed by atoms with Gasteiger partial charge in [-0.05, 0) is 18.2 Å². The molecule has 14 heavy (non-hydrogen) atoms. The molecule has 1 N–H and O–H groups in total. The molecule has 1 aromatic carbocycles. The second kappa shape index (κ2) is 4.36. The summed E-state index contributed by atoms with van der Waals surface area (Å²) < 4.78 is 36.5. The summed E-state index contributed by atoms with van der Waals surface area (Å²) >= 11 is 0.175. The molecule has 0 aliphatic carbocycles. The van der Waals surface area contributed by atoms with E-state index < -0.39 is 23.1 Å². The van der Waals surface area contributed by atoms with E-state index in [-0.39, 0.29) is 16.7 Å². The van der Waals surface area contributed by atoms with Crippen molar-refractivity contribution in [2.75, 3.05) is 0 Å². The molecule has 1 aromatic rings. The van der Waals surface area contributed by atoms with Gasteiger partial charge >= 0.3 is 5.97 Å². The third-order valence-corrected chi connectivity index (χ3v) is 2.10. The smallest absolute Gasteiger partial charge is 0.338 e. The van der Waals surface area contributed by atoms with Gasteiger partial charge in [0, 0.05) is 4.90 Å². The molecular formula is C8H5F3O2S. The van der Waals surface area contributed by atoms with Crippen LogP contribution in [-0.4, -0.2) is 16.8 Å². The first-order chi connectivity index (χ1) is 6.50. The zero-order chi connectivity index (χ0) is 10.7. The second-order valence-corrected chi connectivity index (χ2v) is 3.39. The molecule has 6 heteroatoms. The van der Waals surface area contributed by atoms with Gasteiger partial charge in [-0.25, -0.2) is 9.18 Å². The third-order valence-electron chi connectivity index (χ3n) is 1.39. The minimum absolute atomic E-state index is 0.0267. The average Bonchev–Trinajstić information content (AvgIpc) is 2.07. The number of carbonyl (C=O) groups is 1. The van der Waals surface area contributed by atoms with E-state index in [2.05, 4.69) is 0 Å². The lowest BCUT2D eigenvalue weighted by Gasteiger charge is -2.02. The summed E-state index contributed by atoms with van der Waals surface area (Å²) in [6.07, 6.45) is 0. The van der Waals surface area contributed by atoms with E-state index in [0.717, 1.165) is 18.2 Å². The van der Waals surface area contributed by atoms with Gasteiger partial charge in [-0.3, -0.25) is 0 Å². The number of benzene rings is 1. The van der Waals surface area contributed by atoms with Crippen LogP contribution < -0.4 is 0 Å². The van der Waals surface area contributed by atoms with Crippen molar-refractivity contribution in [2.24, 2.45) is 0 Å². The van der Waals surface area contributed by atoms with Crippen LogP contribution in [0.15, 0.2) is 23.1 Å². The van der Waals surface area contributed by atoms with Crippen molar-refractivity contribution in [2.45, 2.75) is 10.7 Å². The lowest BCUT2D eigenvalue weighted by molar-refractivity contribution is 0.0691. The number of thioether (sulfide) groups is 1. The standard InChI is InChI=1S/C8H5F3O2S/c9-6-2-1-4(14-8(10)11)3-5(6)7(12)13/h1-3,8H,(H,12,13). The first-order valence-electron chi connectivity index (χ1n) is 3.48. The number of carboxylic acids is 1. The van der Waals surface area contributed by atoms with Gasteiger partial charge in [-0.15, -0.1) is 0 Å². The number of rotatable bonds is 3. The molecule has 2 nitrogen and oxygen atoms in total. The largest absolute Gasteiger partial charge is 0.478 e. The minimum atomic E-state index is -2.65. The maximum Gasteiger partial charge on any atom is 0.338 e. The zero-order valence-corrected chi connectivity index (χ0v) is 7.52. The molecule has 0 unspecified atom stereocenters. The number of hydrogen-bond donors (Lipinski definition) is 1. The Hall–Kier alpha value is -1.17. The van der Waals surface area contributed by atoms with Crippen molar-refractivity contribution in [1.82, 2.24) is 0 Å². The summed E-state index contributed by atoms with van der Waals surface area (Å²) in [5, 5.41) is 8.49. The maximum atomic E-state index is 12.8. The SMILES string of the molecule is O=C(O)c1cc(SC(F)F)ccc1F. The fraction of sp³-hybridized carbons (Fsp3) is 0.125. The highest BCUT2D eigenvalue weighted by Gasteiger charge is 2.13. The molecule has 0 aliphatic heterocycles. The van der Waals surface area contributed by atoms with E-state index in [4.69, 9.17) is 5.11 Å². The fourth-order valence-corrected chi connectivity index (χ4v) is 1.38. The van der Waals surface area contributed by atoms with Gasteiger partial charge in [0.1, 0.15) is 5.82 Å². The molecule has 0 saturated carbocycles. The van der Waals surface area contributed by atoms with E-state index in [9.17, 15) is 18.0 Å². The maximum absolute atomic E-state index is 12.8. The Kier molecular flexibility index (Phi) is 3.40. The molecule has 0 aliphatic rings. The van der Waals surface area contributed by atoms with E-state index in [1.807, 2.05) is 0 Å². The monoisotopic (exact) mass is 222 g/mol. The predicted octanol–water partition coefficient (Wildman–Crippen LogP) is 2.84. The average molecular weight is 222 g/mol. The van der Waals surface area contributed by atoms with E-state index in [0.29, 0.717) is 0 Å². The molecule has 76 valence electrons. The van der Waals surface area contributed by atoms with Crippen molar-refractivity contribution in [3.8, 4) is 0 Å². The lowest BCUT2D eigenvalue weighted by atomic mass is 10.2. The van der Waals surface area contributed by atoms with Gasteiger partial charge < -0.3 is 5.11 Å². The first kappa shape index (κ1) is 10.9. The summed E-state index contributed by atoms with van der Waals surface area (Å²) in [5.74, 6) is -5.06. The van der Waals surface area contributed by atoms with Crippen molar-refractivity contribution >= 4 is 17.7 Å². The van der Waals surface area contributed by atoms with Crippen LogP contribution in [0.1, 0.15) is 10.4 Å². The van der Waals surface area contributed by atoms with Crippen LogP contribution in [0, 0.1) is 5.82 Å². The number of halogens is 3. The van der Waals surface area contributed by atoms with Gasteiger partial charge in [-0.2, -0.15) is 8.78 Å². The van der Waals surface area contributed by atoms with Gasteiger partial charge in [0.25, 0.3) is 5.76 Å². The molecule has 0 amide bonds. The highest BCUT2D eigenvalue weighted by atomic mass is 32.2. The van der Waals surface area contributed by atoms with Crippen LogP contribution in [0.2, 0.25) is 0 Å². The number of alkyl halides is 2. The van der Waals surface area contributed by atoms with Crippen LogP contribution >= 0.6 is 11.8 Å². The summed E-state index contributed by atoms with van der Waals surface area (Å²) in [6.45, 7) is 0. The molecule has 0 bridgehead atoms. The van der Waals surface area contributed by atoms with Crippen molar-refractivity contribution in [3.63, 3.8) is 0 Å². The van der Waals surface area contributed by atoms with Gasteiger partial charge in [-0.1, -0.05) is 11.8 Å². The van der Waals surface area contributed by atoms with Gasteiger partial charge in [0.15, 0.2) is 0 Å². The van der Waals surface area contributed by atoms with Crippen LogP contribution in [0.3, 0.4) is 0 Å². The summed E-state index contributed by atoms with van der Waals surface area (Å²) in [7, 11) is 0. The molecule has 0 heterocycles. The van der Waals surface area contributed by atoms with Crippen molar-refractivity contribution < 1.29 is 23.1 Å². The highest BCUT2D eigenvalue weighted by Crippen LogP contribution is 2.26. The first-order valence-corrected chi connectivity index (χ1v) is 4.36. The van der Waals surface area contributed by atoms with Crippen LogP contribution in [-0.2, 0) is 0 Å². The Morgan fingerprint density at radius 1 is 1.43 bits per heavy atom.